The van der Waals surface area contributed by atoms with E-state index >= 15 is 0 Å². The highest BCUT2D eigenvalue weighted by molar-refractivity contribution is 7.89. The Labute approximate surface area is 153 Å². The second kappa shape index (κ2) is 7.72. The number of aromatic nitrogens is 2. The molecule has 2 aromatic carbocycles. The van der Waals surface area contributed by atoms with Gasteiger partial charge in [0.2, 0.25) is 10.0 Å². The van der Waals surface area contributed by atoms with E-state index in [2.05, 4.69) is 9.82 Å². The number of hydrogen-bond acceptors (Lipinski definition) is 4. The Kier molecular flexibility index (Phi) is 5.39. The number of nitrogens with zero attached hydrogens (tertiary/aromatic N) is 2. The van der Waals surface area contributed by atoms with Crippen molar-refractivity contribution in [3.8, 4) is 5.75 Å². The van der Waals surface area contributed by atoms with E-state index in [4.69, 9.17) is 4.74 Å². The maximum atomic E-state index is 12.5. The molecule has 1 heterocycles. The van der Waals surface area contributed by atoms with Gasteiger partial charge in [0.1, 0.15) is 5.75 Å². The first-order valence-corrected chi connectivity index (χ1v) is 9.66. The predicted molar refractivity (Wildman–Crippen MR) is 99.5 cm³/mol. The lowest BCUT2D eigenvalue weighted by Crippen LogP contribution is -2.24. The van der Waals surface area contributed by atoms with Gasteiger partial charge in [0, 0.05) is 18.9 Å². The summed E-state index contributed by atoms with van der Waals surface area (Å²) >= 11 is 0. The normalized spacial score (nSPS) is 11.5. The highest BCUT2D eigenvalue weighted by atomic mass is 32.2. The van der Waals surface area contributed by atoms with E-state index in [-0.39, 0.29) is 11.4 Å². The minimum absolute atomic E-state index is 0.232. The molecule has 3 aromatic rings. The van der Waals surface area contributed by atoms with E-state index in [0.717, 1.165) is 11.1 Å². The molecule has 1 aromatic heterocycles. The van der Waals surface area contributed by atoms with Crippen LogP contribution in [0, 0.1) is 6.92 Å². The van der Waals surface area contributed by atoms with Crippen molar-refractivity contribution in [2.45, 2.75) is 24.9 Å². The largest absolute Gasteiger partial charge is 0.497 e. The quantitative estimate of drug-likeness (QED) is 0.693. The van der Waals surface area contributed by atoms with Crippen molar-refractivity contribution in [2.24, 2.45) is 0 Å². The highest BCUT2D eigenvalue weighted by Crippen LogP contribution is 2.21. The molecule has 0 spiro atoms. The fourth-order valence-corrected chi connectivity index (χ4v) is 3.89. The number of aryl methyl sites for hydroxylation is 1. The molecule has 0 saturated heterocycles. The van der Waals surface area contributed by atoms with Crippen LogP contribution >= 0.6 is 0 Å². The number of sulfonamides is 1. The second-order valence-corrected chi connectivity index (χ2v) is 7.71. The van der Waals surface area contributed by atoms with Gasteiger partial charge in [-0.15, -0.1) is 0 Å². The van der Waals surface area contributed by atoms with E-state index in [1.54, 1.807) is 38.4 Å². The van der Waals surface area contributed by atoms with Crippen LogP contribution in [0.2, 0.25) is 0 Å². The van der Waals surface area contributed by atoms with Crippen LogP contribution in [-0.2, 0) is 23.1 Å². The number of rotatable bonds is 7. The lowest BCUT2D eigenvalue weighted by atomic mass is 10.1. The number of methoxy groups -OCH3 is 1. The fourth-order valence-electron chi connectivity index (χ4n) is 2.65. The molecule has 1 N–H and O–H groups in total. The van der Waals surface area contributed by atoms with Crippen LogP contribution in [0.4, 0.5) is 0 Å². The molecule has 7 heteroatoms. The highest BCUT2D eigenvalue weighted by Gasteiger charge is 2.16. The number of benzene rings is 2. The first-order chi connectivity index (χ1) is 12.5. The molecule has 136 valence electrons. The summed E-state index contributed by atoms with van der Waals surface area (Å²) < 4.78 is 34.7. The average Bonchev–Trinajstić information content (AvgIpc) is 3.14. The average molecular weight is 371 g/mol. The Morgan fingerprint density at radius 1 is 1.12 bits per heavy atom. The van der Waals surface area contributed by atoms with Crippen LogP contribution < -0.4 is 9.46 Å². The zero-order valence-corrected chi connectivity index (χ0v) is 15.5. The summed E-state index contributed by atoms with van der Waals surface area (Å²) in [7, 11) is -2.03. The van der Waals surface area contributed by atoms with Crippen molar-refractivity contribution >= 4 is 10.0 Å². The molecule has 0 radical (unpaired) electrons. The molecule has 0 bridgehead atoms. The van der Waals surface area contributed by atoms with E-state index in [1.165, 1.54) is 0 Å². The van der Waals surface area contributed by atoms with Gasteiger partial charge in [0.15, 0.2) is 0 Å². The number of nitrogens with one attached hydrogen (secondary N) is 1. The second-order valence-electron chi connectivity index (χ2n) is 5.98. The SMILES string of the molecule is COc1ccc(S(=O)(=O)NCc2ccc(Cn3cccn3)cc2)c(C)c1. The lowest BCUT2D eigenvalue weighted by molar-refractivity contribution is 0.414. The van der Waals surface area contributed by atoms with Crippen molar-refractivity contribution in [3.05, 3.63) is 77.6 Å². The van der Waals surface area contributed by atoms with E-state index in [1.807, 2.05) is 41.2 Å². The van der Waals surface area contributed by atoms with Gasteiger partial charge in [-0.05, 0) is 47.9 Å². The van der Waals surface area contributed by atoms with Gasteiger partial charge in [-0.25, -0.2) is 13.1 Å². The molecule has 3 rings (SSSR count). The summed E-state index contributed by atoms with van der Waals surface area (Å²) in [6, 6.07) is 14.6. The molecule has 0 unspecified atom stereocenters. The van der Waals surface area contributed by atoms with Gasteiger partial charge in [0.05, 0.1) is 18.6 Å². The van der Waals surface area contributed by atoms with E-state index in [0.29, 0.717) is 17.9 Å². The number of ether oxygens (including phenoxy) is 1. The monoisotopic (exact) mass is 371 g/mol. The zero-order chi connectivity index (χ0) is 18.6. The molecule has 26 heavy (non-hydrogen) atoms. The maximum Gasteiger partial charge on any atom is 0.241 e. The van der Waals surface area contributed by atoms with Crippen molar-refractivity contribution in [1.82, 2.24) is 14.5 Å². The molecule has 0 atom stereocenters. The molecule has 6 nitrogen and oxygen atoms in total. The van der Waals surface area contributed by atoms with Gasteiger partial charge in [-0.3, -0.25) is 4.68 Å². The third kappa shape index (κ3) is 4.30. The summed E-state index contributed by atoms with van der Waals surface area (Å²) in [5.41, 5.74) is 2.64. The molecular weight excluding hydrogens is 350 g/mol. The minimum atomic E-state index is -3.58. The molecule has 0 saturated carbocycles. The lowest BCUT2D eigenvalue weighted by Gasteiger charge is -2.11. The molecular formula is C19H21N3O3S. The van der Waals surface area contributed by atoms with Gasteiger partial charge >= 0.3 is 0 Å². The predicted octanol–water partition coefficient (Wildman–Crippen LogP) is 2.73. The fraction of sp³-hybridized carbons (Fsp3) is 0.211. The standard InChI is InChI=1S/C19H21N3O3S/c1-15-12-18(25-2)8-9-19(15)26(23,24)21-13-16-4-6-17(7-5-16)14-22-11-3-10-20-22/h3-12,21H,13-14H2,1-2H3. The smallest absolute Gasteiger partial charge is 0.241 e. The molecule has 0 amide bonds. The van der Waals surface area contributed by atoms with Crippen molar-refractivity contribution < 1.29 is 13.2 Å². The van der Waals surface area contributed by atoms with Gasteiger partial charge in [0.25, 0.3) is 0 Å². The van der Waals surface area contributed by atoms with Gasteiger partial charge < -0.3 is 4.74 Å². The first-order valence-electron chi connectivity index (χ1n) is 8.17. The zero-order valence-electron chi connectivity index (χ0n) is 14.7. The Balaban J connectivity index is 1.66. The summed E-state index contributed by atoms with van der Waals surface area (Å²) in [6.45, 7) is 2.67. The minimum Gasteiger partial charge on any atom is -0.497 e. The third-order valence-corrected chi connectivity index (χ3v) is 5.63. The summed E-state index contributed by atoms with van der Waals surface area (Å²) in [4.78, 5) is 0.258. The molecule has 0 aliphatic heterocycles. The van der Waals surface area contributed by atoms with Gasteiger partial charge in [-0.1, -0.05) is 24.3 Å². The van der Waals surface area contributed by atoms with Crippen molar-refractivity contribution in [1.29, 1.82) is 0 Å². The van der Waals surface area contributed by atoms with Crippen molar-refractivity contribution in [2.75, 3.05) is 7.11 Å². The van der Waals surface area contributed by atoms with Crippen molar-refractivity contribution in [3.63, 3.8) is 0 Å². The third-order valence-electron chi connectivity index (χ3n) is 4.06. The first kappa shape index (κ1) is 18.2. The van der Waals surface area contributed by atoms with Crippen LogP contribution in [0.5, 0.6) is 5.75 Å². The maximum absolute atomic E-state index is 12.5. The Bertz CT molecular complexity index is 966. The summed E-state index contributed by atoms with van der Waals surface area (Å²) in [6.07, 6.45) is 3.64. The van der Waals surface area contributed by atoms with Crippen LogP contribution in [0.25, 0.3) is 0 Å². The number of hydrogen-bond donors (Lipinski definition) is 1. The Morgan fingerprint density at radius 3 is 2.46 bits per heavy atom. The summed E-state index contributed by atoms with van der Waals surface area (Å²) in [5.74, 6) is 0.634. The van der Waals surface area contributed by atoms with E-state index in [9.17, 15) is 8.42 Å². The Hall–Kier alpha value is -2.64. The topological polar surface area (TPSA) is 73.2 Å². The van der Waals surface area contributed by atoms with Crippen LogP contribution in [0.3, 0.4) is 0 Å². The van der Waals surface area contributed by atoms with E-state index < -0.39 is 10.0 Å². The summed E-state index contributed by atoms with van der Waals surface area (Å²) in [5, 5.41) is 4.17. The molecule has 0 fully saturated rings. The molecule has 0 aliphatic rings. The Morgan fingerprint density at radius 2 is 1.85 bits per heavy atom. The van der Waals surface area contributed by atoms with Crippen LogP contribution in [0.1, 0.15) is 16.7 Å². The van der Waals surface area contributed by atoms with Crippen LogP contribution in [0.15, 0.2) is 65.8 Å². The van der Waals surface area contributed by atoms with Gasteiger partial charge in [-0.2, -0.15) is 5.10 Å². The molecule has 0 aliphatic carbocycles. The van der Waals surface area contributed by atoms with Crippen LogP contribution in [-0.4, -0.2) is 25.3 Å².